The number of hydrogen-bond donors (Lipinski definition) is 1. The average Bonchev–Trinajstić information content (AvgIpc) is 1.87. The van der Waals surface area contributed by atoms with Crippen LogP contribution >= 0.6 is 0 Å². The van der Waals surface area contributed by atoms with Gasteiger partial charge in [0, 0.05) is 0 Å². The number of hydrogen-bond acceptors (Lipinski definition) is 2. The molecule has 56 valence electrons. The summed E-state index contributed by atoms with van der Waals surface area (Å²) in [5.41, 5.74) is 3.68. The Labute approximate surface area is 61.7 Å². The lowest BCUT2D eigenvalue weighted by Gasteiger charge is -1.94. The van der Waals surface area contributed by atoms with Crippen molar-refractivity contribution in [1.29, 1.82) is 5.39 Å². The molecular weight excluding hydrogens is 126 g/mol. The molecule has 10 heavy (non-hydrogen) atoms. The van der Waals surface area contributed by atoms with Crippen LogP contribution in [-0.2, 0) is 0 Å². The number of rotatable bonds is 5. The highest BCUT2D eigenvalue weighted by atomic mass is 15.3. The smallest absolute Gasteiger partial charge is 0.100 e. The Morgan fingerprint density at radius 3 is 2.80 bits per heavy atom. The molecule has 0 aliphatic rings. The van der Waals surface area contributed by atoms with Gasteiger partial charge in [-0.1, -0.05) is 5.57 Å². The molecule has 0 spiro atoms. The van der Waals surface area contributed by atoms with Crippen molar-refractivity contribution in [3.8, 4) is 0 Å². The highest BCUT2D eigenvalue weighted by Gasteiger charge is 1.91. The fourth-order valence-corrected chi connectivity index (χ4v) is 0.681. The van der Waals surface area contributed by atoms with Gasteiger partial charge in [-0.15, -0.1) is 6.58 Å². The Morgan fingerprint density at radius 1 is 1.60 bits per heavy atom. The molecule has 0 aromatic rings. The highest BCUT2D eigenvalue weighted by Crippen LogP contribution is 2.02. The van der Waals surface area contributed by atoms with Gasteiger partial charge in [0.05, 0.1) is 6.54 Å². The van der Waals surface area contributed by atoms with E-state index in [2.05, 4.69) is 17.1 Å². The van der Waals surface area contributed by atoms with Gasteiger partial charge in [-0.25, -0.2) is 0 Å². The quantitative estimate of drug-likeness (QED) is 0.275. The Morgan fingerprint density at radius 2 is 2.30 bits per heavy atom. The van der Waals surface area contributed by atoms with Gasteiger partial charge in [0.2, 0.25) is 0 Å². The second-order valence-electron chi connectivity index (χ2n) is 2.42. The highest BCUT2D eigenvalue weighted by molar-refractivity contribution is 4.87. The zero-order valence-corrected chi connectivity index (χ0v) is 6.43. The van der Waals surface area contributed by atoms with E-state index in [1.54, 1.807) is 0 Å². The molecule has 0 rings (SSSR count). The topological polar surface area (TPSA) is 40.2 Å². The lowest BCUT2D eigenvalue weighted by molar-refractivity contribution is 0.686. The number of allylic oxidation sites excluding steroid dienone is 1. The van der Waals surface area contributed by atoms with Gasteiger partial charge in [0.15, 0.2) is 0 Å². The minimum atomic E-state index is 0.740. The van der Waals surface area contributed by atoms with Crippen molar-refractivity contribution in [3.05, 3.63) is 17.2 Å². The second-order valence-corrected chi connectivity index (χ2v) is 2.42. The van der Waals surface area contributed by atoms with Crippen LogP contribution in [0.3, 0.4) is 0 Å². The molecule has 0 aliphatic carbocycles. The van der Waals surface area contributed by atoms with Gasteiger partial charge < -0.3 is 0 Å². The van der Waals surface area contributed by atoms with Gasteiger partial charge in [-0.2, -0.15) is 0 Å². The third-order valence-electron chi connectivity index (χ3n) is 1.21. The molecular formula is C7H14N3+. The van der Waals surface area contributed by atoms with E-state index >= 15 is 0 Å². The molecule has 0 radical (unpaired) electrons. The lowest BCUT2D eigenvalue weighted by atomic mass is 10.1. The molecule has 0 saturated carbocycles. The molecule has 0 amide bonds. The summed E-state index contributed by atoms with van der Waals surface area (Å²) < 4.78 is 0. The summed E-state index contributed by atoms with van der Waals surface area (Å²) in [5, 5.41) is 10.8. The summed E-state index contributed by atoms with van der Waals surface area (Å²) in [4.78, 5) is 0. The lowest BCUT2D eigenvalue weighted by Crippen LogP contribution is -2.03. The van der Waals surface area contributed by atoms with E-state index in [9.17, 15) is 0 Å². The van der Waals surface area contributed by atoms with Gasteiger partial charge >= 0.3 is 5.08 Å². The van der Waals surface area contributed by atoms with E-state index in [0.717, 1.165) is 25.8 Å². The van der Waals surface area contributed by atoms with E-state index in [4.69, 9.17) is 5.39 Å². The third kappa shape index (κ3) is 6.96. The zero-order valence-electron chi connectivity index (χ0n) is 6.43. The Hall–Kier alpha value is -1.04. The molecule has 0 atom stereocenters. The molecule has 3 heteroatoms. The van der Waals surface area contributed by atoms with Crippen molar-refractivity contribution in [2.45, 2.75) is 26.2 Å². The SMILES string of the molecule is C=C(C)CCCCN[N+]#N. The van der Waals surface area contributed by atoms with Crippen LogP contribution in [0.2, 0.25) is 0 Å². The minimum Gasteiger partial charge on any atom is -0.100 e. The first-order valence-electron chi connectivity index (χ1n) is 3.48. The monoisotopic (exact) mass is 140 g/mol. The van der Waals surface area contributed by atoms with Crippen molar-refractivity contribution in [2.75, 3.05) is 6.54 Å². The first-order valence-corrected chi connectivity index (χ1v) is 3.48. The number of nitrogens with zero attached hydrogens (tertiary/aromatic N) is 2. The van der Waals surface area contributed by atoms with E-state index in [-0.39, 0.29) is 0 Å². The standard InChI is InChI=1S/C7H14N3/c1-7(2)5-3-4-6-9-10-8/h9H,1,3-6H2,2H3/q+1. The van der Waals surface area contributed by atoms with E-state index in [1.165, 1.54) is 5.57 Å². The van der Waals surface area contributed by atoms with Crippen LogP contribution in [0.1, 0.15) is 26.2 Å². The van der Waals surface area contributed by atoms with E-state index in [1.807, 2.05) is 6.92 Å². The van der Waals surface area contributed by atoms with Crippen molar-refractivity contribution >= 4 is 0 Å². The molecule has 0 bridgehead atoms. The van der Waals surface area contributed by atoms with Crippen molar-refractivity contribution < 1.29 is 0 Å². The van der Waals surface area contributed by atoms with Gasteiger partial charge in [0.1, 0.15) is 0 Å². The number of diazo groups is 1. The molecule has 0 aromatic heterocycles. The number of nitrogens with one attached hydrogen (secondary N) is 1. The average molecular weight is 140 g/mol. The molecule has 0 unspecified atom stereocenters. The number of unbranched alkanes of at least 4 members (excludes halogenated alkanes) is 1. The largest absolute Gasteiger partial charge is 0.302 e. The maximum Gasteiger partial charge on any atom is 0.302 e. The summed E-state index contributed by atoms with van der Waals surface area (Å²) in [7, 11) is 0. The van der Waals surface area contributed by atoms with Crippen LogP contribution in [-0.4, -0.2) is 6.54 Å². The predicted molar refractivity (Wildman–Crippen MR) is 41.8 cm³/mol. The molecule has 0 aromatic carbocycles. The zero-order chi connectivity index (χ0) is 7.82. The maximum atomic E-state index is 7.97. The molecule has 0 aliphatic heterocycles. The van der Waals surface area contributed by atoms with E-state index < -0.39 is 0 Å². The second kappa shape index (κ2) is 6.09. The van der Waals surface area contributed by atoms with E-state index in [0.29, 0.717) is 0 Å². The molecule has 0 heterocycles. The summed E-state index contributed by atoms with van der Waals surface area (Å²) in [5.74, 6) is 0. The van der Waals surface area contributed by atoms with Gasteiger partial charge in [0.25, 0.3) is 5.39 Å². The van der Waals surface area contributed by atoms with Crippen molar-refractivity contribution in [1.82, 2.24) is 5.43 Å². The van der Waals surface area contributed by atoms with Crippen LogP contribution in [0, 0.1) is 5.39 Å². The summed E-state index contributed by atoms with van der Waals surface area (Å²) in [6, 6.07) is 0. The maximum absolute atomic E-state index is 7.97. The first-order chi connectivity index (χ1) is 4.77. The van der Waals surface area contributed by atoms with Crippen LogP contribution in [0.15, 0.2) is 12.2 Å². The summed E-state index contributed by atoms with van der Waals surface area (Å²) in [6.07, 6.45) is 3.20. The summed E-state index contributed by atoms with van der Waals surface area (Å²) >= 11 is 0. The molecule has 1 N–H and O–H groups in total. The predicted octanol–water partition coefficient (Wildman–Crippen LogP) is 2.09. The van der Waals surface area contributed by atoms with Crippen LogP contribution in [0.4, 0.5) is 0 Å². The van der Waals surface area contributed by atoms with Crippen molar-refractivity contribution in [2.24, 2.45) is 0 Å². The molecule has 0 fully saturated rings. The Kier molecular flexibility index (Phi) is 5.45. The first kappa shape index (κ1) is 8.96. The molecule has 3 nitrogen and oxygen atoms in total. The summed E-state index contributed by atoms with van der Waals surface area (Å²) in [6.45, 7) is 6.54. The minimum absolute atomic E-state index is 0.740. The van der Waals surface area contributed by atoms with Crippen LogP contribution in [0.25, 0.3) is 5.08 Å². The Bertz CT molecular complexity index is 134. The normalized spacial score (nSPS) is 8.40. The molecule has 0 saturated heterocycles. The van der Waals surface area contributed by atoms with Gasteiger partial charge in [-0.3, -0.25) is 0 Å². The van der Waals surface area contributed by atoms with Crippen molar-refractivity contribution in [3.63, 3.8) is 0 Å². The van der Waals surface area contributed by atoms with Crippen LogP contribution in [0.5, 0.6) is 0 Å². The third-order valence-corrected chi connectivity index (χ3v) is 1.21. The van der Waals surface area contributed by atoms with Gasteiger partial charge in [-0.05, 0) is 31.6 Å². The fourth-order valence-electron chi connectivity index (χ4n) is 0.681. The fraction of sp³-hybridized carbons (Fsp3) is 0.714. The Balaban J connectivity index is 2.92. The van der Waals surface area contributed by atoms with Crippen LogP contribution < -0.4 is 5.43 Å².